The molecule has 0 aromatic heterocycles. The number of carbonyl (C=O) groups excluding carboxylic acids is 1. The van der Waals surface area contributed by atoms with E-state index >= 15 is 0 Å². The van der Waals surface area contributed by atoms with Gasteiger partial charge in [-0.2, -0.15) is 0 Å². The minimum atomic E-state index is -0.260. The Hall–Kier alpha value is -2.03. The number of fused-ring (bicyclic) bond motifs is 2. The van der Waals surface area contributed by atoms with Gasteiger partial charge in [-0.3, -0.25) is 0 Å². The lowest BCUT2D eigenvalue weighted by atomic mass is 9.47. The normalized spacial score (nSPS) is 29.1. The lowest BCUT2D eigenvalue weighted by molar-refractivity contribution is -0.209. The van der Waals surface area contributed by atoms with Crippen molar-refractivity contribution in [2.45, 2.75) is 32.3 Å². The van der Waals surface area contributed by atoms with Crippen molar-refractivity contribution >= 4 is 16.7 Å². The Bertz CT molecular complexity index is 723. The SMILES string of the molecule is C[C@]12CC[C@@H]1C[C@@H]2OC(=O)COc1ccc2ccccc2c1. The van der Waals surface area contributed by atoms with Gasteiger partial charge in [0.2, 0.25) is 0 Å². The molecule has 0 amide bonds. The molecule has 2 aliphatic rings. The maximum atomic E-state index is 12.0. The lowest BCUT2D eigenvalue weighted by Crippen LogP contribution is -2.59. The molecule has 22 heavy (non-hydrogen) atoms. The summed E-state index contributed by atoms with van der Waals surface area (Å²) in [6, 6.07) is 13.9. The highest BCUT2D eigenvalue weighted by Gasteiger charge is 2.59. The Labute approximate surface area is 130 Å². The van der Waals surface area contributed by atoms with Crippen LogP contribution in [0.3, 0.4) is 0 Å². The summed E-state index contributed by atoms with van der Waals surface area (Å²) in [6.07, 6.45) is 3.59. The van der Waals surface area contributed by atoms with E-state index in [0.29, 0.717) is 5.75 Å². The summed E-state index contributed by atoms with van der Waals surface area (Å²) in [7, 11) is 0. The zero-order chi connectivity index (χ0) is 15.2. The first kappa shape index (κ1) is 13.6. The first-order valence-electron chi connectivity index (χ1n) is 7.96. The zero-order valence-corrected chi connectivity index (χ0v) is 12.7. The summed E-state index contributed by atoms with van der Waals surface area (Å²) >= 11 is 0. The summed E-state index contributed by atoms with van der Waals surface area (Å²) in [5.41, 5.74) is 0.249. The summed E-state index contributed by atoms with van der Waals surface area (Å²) < 4.78 is 11.2. The molecule has 114 valence electrons. The molecule has 0 heterocycles. The monoisotopic (exact) mass is 296 g/mol. The van der Waals surface area contributed by atoms with E-state index in [0.717, 1.165) is 23.1 Å². The molecule has 0 aliphatic heterocycles. The van der Waals surface area contributed by atoms with Gasteiger partial charge in [-0.15, -0.1) is 0 Å². The third kappa shape index (κ3) is 2.16. The quantitative estimate of drug-likeness (QED) is 0.801. The zero-order valence-electron chi connectivity index (χ0n) is 12.7. The van der Waals surface area contributed by atoms with E-state index in [1.165, 1.54) is 12.8 Å². The Morgan fingerprint density at radius 1 is 1.23 bits per heavy atom. The van der Waals surface area contributed by atoms with Crippen molar-refractivity contribution in [3.8, 4) is 5.75 Å². The van der Waals surface area contributed by atoms with Crippen molar-refractivity contribution in [2.24, 2.45) is 11.3 Å². The molecule has 4 rings (SSSR count). The summed E-state index contributed by atoms with van der Waals surface area (Å²) in [5.74, 6) is 1.22. The van der Waals surface area contributed by atoms with Crippen LogP contribution in [0, 0.1) is 11.3 Å². The standard InChI is InChI=1S/C19H20O3/c1-19-9-8-15(19)11-17(19)22-18(20)12-21-16-7-6-13-4-2-3-5-14(13)10-16/h2-7,10,15,17H,8-9,11-12H2,1H3/t15-,17+,19+/m1/s1. The molecule has 3 atom stereocenters. The van der Waals surface area contributed by atoms with Crippen LogP contribution >= 0.6 is 0 Å². The highest BCUT2D eigenvalue weighted by Crippen LogP contribution is 2.61. The van der Waals surface area contributed by atoms with Gasteiger partial charge in [-0.1, -0.05) is 37.3 Å². The molecule has 2 aromatic carbocycles. The van der Waals surface area contributed by atoms with Gasteiger partial charge in [0.1, 0.15) is 11.9 Å². The van der Waals surface area contributed by atoms with Crippen LogP contribution in [-0.2, 0) is 9.53 Å². The van der Waals surface area contributed by atoms with E-state index < -0.39 is 0 Å². The Morgan fingerprint density at radius 3 is 2.73 bits per heavy atom. The fourth-order valence-electron chi connectivity index (χ4n) is 3.76. The average Bonchev–Trinajstić information content (AvgIpc) is 2.55. The number of benzene rings is 2. The van der Waals surface area contributed by atoms with Crippen molar-refractivity contribution < 1.29 is 14.3 Å². The fourth-order valence-corrected chi connectivity index (χ4v) is 3.76. The van der Waals surface area contributed by atoms with Crippen molar-refractivity contribution in [1.29, 1.82) is 0 Å². The molecule has 3 heteroatoms. The minimum absolute atomic E-state index is 0.0183. The van der Waals surface area contributed by atoms with E-state index in [1.807, 2.05) is 36.4 Å². The molecule has 0 bridgehead atoms. The molecular weight excluding hydrogens is 276 g/mol. The summed E-state index contributed by atoms with van der Waals surface area (Å²) in [4.78, 5) is 12.0. The topological polar surface area (TPSA) is 35.5 Å². The van der Waals surface area contributed by atoms with Gasteiger partial charge in [0.05, 0.1) is 0 Å². The van der Waals surface area contributed by atoms with Crippen LogP contribution in [0.15, 0.2) is 42.5 Å². The highest BCUT2D eigenvalue weighted by molar-refractivity contribution is 5.83. The van der Waals surface area contributed by atoms with Gasteiger partial charge < -0.3 is 9.47 Å². The molecule has 2 aromatic rings. The van der Waals surface area contributed by atoms with Gasteiger partial charge >= 0.3 is 5.97 Å². The molecule has 0 spiro atoms. The van der Waals surface area contributed by atoms with Crippen LogP contribution in [0.1, 0.15) is 26.2 Å². The number of carbonyl (C=O) groups is 1. The maximum Gasteiger partial charge on any atom is 0.344 e. The van der Waals surface area contributed by atoms with E-state index in [4.69, 9.17) is 9.47 Å². The fraction of sp³-hybridized carbons (Fsp3) is 0.421. The first-order chi connectivity index (χ1) is 10.6. The Kier molecular flexibility index (Phi) is 3.10. The van der Waals surface area contributed by atoms with Crippen molar-refractivity contribution in [1.82, 2.24) is 0 Å². The number of rotatable bonds is 4. The molecule has 0 unspecified atom stereocenters. The van der Waals surface area contributed by atoms with Gasteiger partial charge in [0, 0.05) is 5.41 Å². The number of hydrogen-bond donors (Lipinski definition) is 0. The molecule has 2 aliphatic carbocycles. The second-order valence-electron chi connectivity index (χ2n) is 6.75. The highest BCUT2D eigenvalue weighted by atomic mass is 16.6. The van der Waals surface area contributed by atoms with E-state index in [-0.39, 0.29) is 24.1 Å². The van der Waals surface area contributed by atoms with Crippen LogP contribution in [0.25, 0.3) is 10.8 Å². The van der Waals surface area contributed by atoms with Gasteiger partial charge in [-0.05, 0) is 48.1 Å². The maximum absolute atomic E-state index is 12.0. The average molecular weight is 296 g/mol. The second-order valence-corrected chi connectivity index (χ2v) is 6.75. The summed E-state index contributed by atoms with van der Waals surface area (Å²) in [5, 5.41) is 2.27. The van der Waals surface area contributed by atoms with Crippen molar-refractivity contribution in [2.75, 3.05) is 6.61 Å². The second kappa shape index (κ2) is 5.01. The predicted octanol–water partition coefficient (Wildman–Crippen LogP) is 3.95. The smallest absolute Gasteiger partial charge is 0.344 e. The van der Waals surface area contributed by atoms with E-state index in [1.54, 1.807) is 0 Å². The minimum Gasteiger partial charge on any atom is -0.482 e. The van der Waals surface area contributed by atoms with E-state index in [2.05, 4.69) is 13.0 Å². The predicted molar refractivity (Wildman–Crippen MR) is 84.8 cm³/mol. The number of hydrogen-bond acceptors (Lipinski definition) is 3. The molecule has 0 radical (unpaired) electrons. The number of esters is 1. The number of ether oxygens (including phenoxy) is 2. The van der Waals surface area contributed by atoms with Gasteiger partial charge in [0.15, 0.2) is 6.61 Å². The van der Waals surface area contributed by atoms with Crippen LogP contribution < -0.4 is 4.74 Å². The third-order valence-corrected chi connectivity index (χ3v) is 5.55. The first-order valence-corrected chi connectivity index (χ1v) is 7.96. The molecule has 0 N–H and O–H groups in total. The van der Waals surface area contributed by atoms with Gasteiger partial charge in [-0.25, -0.2) is 4.79 Å². The molecule has 3 nitrogen and oxygen atoms in total. The lowest BCUT2D eigenvalue weighted by Gasteiger charge is -2.61. The van der Waals surface area contributed by atoms with Crippen LogP contribution in [0.2, 0.25) is 0 Å². The Morgan fingerprint density at radius 2 is 2.05 bits per heavy atom. The molecular formula is C19H20O3. The Balaban J connectivity index is 1.34. The van der Waals surface area contributed by atoms with Crippen LogP contribution in [0.4, 0.5) is 0 Å². The van der Waals surface area contributed by atoms with Crippen molar-refractivity contribution in [3.05, 3.63) is 42.5 Å². The third-order valence-electron chi connectivity index (χ3n) is 5.55. The molecule has 2 saturated carbocycles. The van der Waals surface area contributed by atoms with Crippen molar-refractivity contribution in [3.63, 3.8) is 0 Å². The summed E-state index contributed by atoms with van der Waals surface area (Å²) in [6.45, 7) is 2.21. The largest absolute Gasteiger partial charge is 0.482 e. The van der Waals surface area contributed by atoms with Crippen LogP contribution in [0.5, 0.6) is 5.75 Å². The van der Waals surface area contributed by atoms with E-state index in [9.17, 15) is 4.79 Å². The molecule has 2 fully saturated rings. The van der Waals surface area contributed by atoms with Gasteiger partial charge in [0.25, 0.3) is 0 Å². The molecule has 0 saturated heterocycles. The van der Waals surface area contributed by atoms with Crippen LogP contribution in [-0.4, -0.2) is 18.7 Å².